The number of benzene rings is 1. The van der Waals surface area contributed by atoms with Crippen LogP contribution in [0.3, 0.4) is 0 Å². The van der Waals surface area contributed by atoms with Gasteiger partial charge in [-0.25, -0.2) is 17.6 Å². The van der Waals surface area contributed by atoms with E-state index in [1.807, 2.05) is 0 Å². The fourth-order valence-electron chi connectivity index (χ4n) is 2.24. The number of methoxy groups -OCH3 is 1. The van der Waals surface area contributed by atoms with E-state index in [2.05, 4.69) is 4.74 Å². The summed E-state index contributed by atoms with van der Waals surface area (Å²) in [5, 5.41) is 0. The maximum atomic E-state index is 13.4. The van der Waals surface area contributed by atoms with Gasteiger partial charge >= 0.3 is 5.97 Å². The lowest BCUT2D eigenvalue weighted by molar-refractivity contribution is 0.0596. The van der Waals surface area contributed by atoms with Crippen LogP contribution in [0.2, 0.25) is 0 Å². The summed E-state index contributed by atoms with van der Waals surface area (Å²) in [5.41, 5.74) is 5.57. The van der Waals surface area contributed by atoms with Crippen molar-refractivity contribution < 1.29 is 22.3 Å². The number of esters is 1. The largest absolute Gasteiger partial charge is 0.465 e. The fourth-order valence-corrected chi connectivity index (χ4v) is 3.90. The summed E-state index contributed by atoms with van der Waals surface area (Å²) in [6.45, 7) is 0.501. The molecular weight excluding hydrogens is 299 g/mol. The highest BCUT2D eigenvalue weighted by molar-refractivity contribution is 7.89. The minimum absolute atomic E-state index is 0.0379. The van der Waals surface area contributed by atoms with Gasteiger partial charge in [-0.3, -0.25) is 0 Å². The first-order chi connectivity index (χ1) is 9.86. The number of nitrogens with zero attached hydrogens (tertiary/aromatic N) is 1. The molecule has 0 saturated carbocycles. The second kappa shape index (κ2) is 6.08. The van der Waals surface area contributed by atoms with Gasteiger partial charge in [-0.15, -0.1) is 0 Å². The van der Waals surface area contributed by atoms with Crippen molar-refractivity contribution in [3.05, 3.63) is 29.6 Å². The third kappa shape index (κ3) is 3.22. The Hall–Kier alpha value is -1.51. The maximum absolute atomic E-state index is 13.4. The van der Waals surface area contributed by atoms with Gasteiger partial charge in [-0.1, -0.05) is 0 Å². The standard InChI is InChI=1S/C13H17FN2O4S/c1-20-13(17)11-3-2-9(14)8-12(11)21(18,19)16-6-4-10(15)5-7-16/h2-3,8,10H,4-7,15H2,1H3. The number of nitrogens with two attached hydrogens (primary N) is 1. The Bertz CT molecular complexity index is 640. The van der Waals surface area contributed by atoms with Crippen molar-refractivity contribution in [1.82, 2.24) is 4.31 Å². The summed E-state index contributed by atoms with van der Waals surface area (Å²) >= 11 is 0. The number of halogens is 1. The molecule has 0 aliphatic carbocycles. The number of rotatable bonds is 3. The molecule has 1 saturated heterocycles. The summed E-state index contributed by atoms with van der Waals surface area (Å²) in [6.07, 6.45) is 1.06. The van der Waals surface area contributed by atoms with Gasteiger partial charge in [0.2, 0.25) is 10.0 Å². The van der Waals surface area contributed by atoms with Crippen molar-refractivity contribution in [2.75, 3.05) is 20.2 Å². The number of carbonyl (C=O) groups excluding carboxylic acids is 1. The van der Waals surface area contributed by atoms with Crippen molar-refractivity contribution in [3.63, 3.8) is 0 Å². The van der Waals surface area contributed by atoms with Crippen LogP contribution in [0.4, 0.5) is 4.39 Å². The Morgan fingerprint density at radius 2 is 2.00 bits per heavy atom. The fraction of sp³-hybridized carbons (Fsp3) is 0.462. The Labute approximate surface area is 122 Å². The molecule has 116 valence electrons. The zero-order valence-corrected chi connectivity index (χ0v) is 12.4. The number of hydrogen-bond donors (Lipinski definition) is 1. The average molecular weight is 316 g/mol. The molecule has 1 aromatic rings. The Morgan fingerprint density at radius 3 is 2.57 bits per heavy atom. The first-order valence-corrected chi connectivity index (χ1v) is 7.94. The van der Waals surface area contributed by atoms with Gasteiger partial charge in [-0.2, -0.15) is 4.31 Å². The molecule has 0 bridgehead atoms. The summed E-state index contributed by atoms with van der Waals surface area (Å²) in [7, 11) is -2.82. The van der Waals surface area contributed by atoms with Crippen molar-refractivity contribution >= 4 is 16.0 Å². The van der Waals surface area contributed by atoms with Gasteiger partial charge in [0.15, 0.2) is 0 Å². The second-order valence-electron chi connectivity index (χ2n) is 4.87. The third-order valence-corrected chi connectivity index (χ3v) is 5.40. The molecule has 1 aliphatic heterocycles. The first kappa shape index (κ1) is 15.9. The van der Waals surface area contributed by atoms with E-state index >= 15 is 0 Å². The highest BCUT2D eigenvalue weighted by atomic mass is 32.2. The second-order valence-corrected chi connectivity index (χ2v) is 6.78. The summed E-state index contributed by atoms with van der Waals surface area (Å²) in [5.74, 6) is -1.54. The van der Waals surface area contributed by atoms with Crippen molar-refractivity contribution in [1.29, 1.82) is 0 Å². The summed E-state index contributed by atoms with van der Waals surface area (Å²) in [4.78, 5) is 11.3. The molecule has 1 aliphatic rings. The molecule has 0 atom stereocenters. The van der Waals surface area contributed by atoms with Crippen LogP contribution < -0.4 is 5.73 Å². The zero-order chi connectivity index (χ0) is 15.6. The molecule has 0 aromatic heterocycles. The maximum Gasteiger partial charge on any atom is 0.339 e. The molecule has 0 spiro atoms. The Balaban J connectivity index is 2.44. The highest BCUT2D eigenvalue weighted by Crippen LogP contribution is 2.24. The van der Waals surface area contributed by atoms with E-state index in [1.54, 1.807) is 0 Å². The third-order valence-electron chi connectivity index (χ3n) is 3.47. The van der Waals surface area contributed by atoms with Crippen LogP contribution in [-0.2, 0) is 14.8 Å². The van der Waals surface area contributed by atoms with E-state index in [4.69, 9.17) is 5.73 Å². The smallest absolute Gasteiger partial charge is 0.339 e. The average Bonchev–Trinajstić information content (AvgIpc) is 2.47. The van der Waals surface area contributed by atoms with Crippen LogP contribution in [0.25, 0.3) is 0 Å². The molecule has 2 rings (SSSR count). The molecule has 1 heterocycles. The van der Waals surface area contributed by atoms with Gasteiger partial charge in [0, 0.05) is 19.1 Å². The first-order valence-electron chi connectivity index (χ1n) is 6.50. The van der Waals surface area contributed by atoms with Crippen molar-refractivity contribution in [2.45, 2.75) is 23.8 Å². The Morgan fingerprint density at radius 1 is 1.38 bits per heavy atom. The van der Waals surface area contributed by atoms with Crippen LogP contribution in [0, 0.1) is 5.82 Å². The molecule has 2 N–H and O–H groups in total. The van der Waals surface area contributed by atoms with Crippen molar-refractivity contribution in [3.8, 4) is 0 Å². The molecule has 1 fully saturated rings. The molecule has 1 aromatic carbocycles. The van der Waals surface area contributed by atoms with Gasteiger partial charge in [0.25, 0.3) is 0 Å². The molecule has 21 heavy (non-hydrogen) atoms. The zero-order valence-electron chi connectivity index (χ0n) is 11.6. The van der Waals surface area contributed by atoms with E-state index in [0.29, 0.717) is 12.8 Å². The van der Waals surface area contributed by atoms with E-state index in [0.717, 1.165) is 25.3 Å². The number of ether oxygens (including phenoxy) is 1. The van der Waals surface area contributed by atoms with Gasteiger partial charge < -0.3 is 10.5 Å². The van der Waals surface area contributed by atoms with Crippen LogP contribution in [0.1, 0.15) is 23.2 Å². The Kier molecular flexibility index (Phi) is 4.60. The topological polar surface area (TPSA) is 89.7 Å². The van der Waals surface area contributed by atoms with E-state index in [9.17, 15) is 17.6 Å². The van der Waals surface area contributed by atoms with Gasteiger partial charge in [0.1, 0.15) is 5.82 Å². The highest BCUT2D eigenvalue weighted by Gasteiger charge is 2.32. The predicted molar refractivity (Wildman–Crippen MR) is 73.7 cm³/mol. The molecule has 0 unspecified atom stereocenters. The summed E-state index contributed by atoms with van der Waals surface area (Å²) in [6, 6.07) is 2.95. The number of hydrogen-bond acceptors (Lipinski definition) is 5. The van der Waals surface area contributed by atoms with Crippen molar-refractivity contribution in [2.24, 2.45) is 5.73 Å². The van der Waals surface area contributed by atoms with Crippen LogP contribution in [-0.4, -0.2) is 44.9 Å². The lowest BCUT2D eigenvalue weighted by atomic mass is 10.1. The SMILES string of the molecule is COC(=O)c1ccc(F)cc1S(=O)(=O)N1CCC(N)CC1. The number of sulfonamides is 1. The quantitative estimate of drug-likeness (QED) is 0.830. The van der Waals surface area contributed by atoms with Crippen LogP contribution >= 0.6 is 0 Å². The minimum Gasteiger partial charge on any atom is -0.465 e. The van der Waals surface area contributed by atoms with E-state index in [-0.39, 0.29) is 29.6 Å². The number of carbonyl (C=O) groups is 1. The number of piperidine rings is 1. The normalized spacial score (nSPS) is 17.7. The summed E-state index contributed by atoms with van der Waals surface area (Å²) < 4.78 is 44.4. The van der Waals surface area contributed by atoms with Gasteiger partial charge in [0.05, 0.1) is 17.6 Å². The molecular formula is C13H17FN2O4S. The van der Waals surface area contributed by atoms with Crippen LogP contribution in [0.15, 0.2) is 23.1 Å². The lowest BCUT2D eigenvalue weighted by Crippen LogP contribution is -2.43. The molecule has 6 nitrogen and oxygen atoms in total. The molecule has 0 radical (unpaired) electrons. The monoisotopic (exact) mass is 316 g/mol. The van der Waals surface area contributed by atoms with Gasteiger partial charge in [-0.05, 0) is 31.0 Å². The van der Waals surface area contributed by atoms with Crippen LogP contribution in [0.5, 0.6) is 0 Å². The predicted octanol–water partition coefficient (Wildman–Crippen LogP) is 0.724. The molecule has 8 heteroatoms. The van der Waals surface area contributed by atoms with E-state index < -0.39 is 21.8 Å². The lowest BCUT2D eigenvalue weighted by Gasteiger charge is -2.29. The molecule has 0 amide bonds. The van der Waals surface area contributed by atoms with E-state index in [1.165, 1.54) is 4.31 Å². The minimum atomic E-state index is -3.96.